The lowest BCUT2D eigenvalue weighted by Gasteiger charge is -2.10. The predicted molar refractivity (Wildman–Crippen MR) is 78.9 cm³/mol. The molecule has 0 amide bonds. The molecule has 2 aromatic carbocycles. The quantitative estimate of drug-likeness (QED) is 0.807. The van der Waals surface area contributed by atoms with Gasteiger partial charge < -0.3 is 0 Å². The Hall–Kier alpha value is -2.12. The molecule has 0 aliphatic heterocycles. The standard InChI is InChI=1S/C16H15NO2S/c1-12-8-10-14(11-9-12)20(18,19)16(17-3)15-7-5-4-6-13(15)2/h4-11,16H,1-2H3. The third-order valence-electron chi connectivity index (χ3n) is 3.22. The predicted octanol–water partition coefficient (Wildman–Crippen LogP) is 3.70. The lowest BCUT2D eigenvalue weighted by molar-refractivity contribution is 0.590. The molecule has 102 valence electrons. The van der Waals surface area contributed by atoms with Crippen molar-refractivity contribution in [3.63, 3.8) is 0 Å². The summed E-state index contributed by atoms with van der Waals surface area (Å²) in [6.07, 6.45) is 0. The monoisotopic (exact) mass is 285 g/mol. The van der Waals surface area contributed by atoms with Crippen LogP contribution in [0.4, 0.5) is 0 Å². The zero-order chi connectivity index (χ0) is 14.8. The van der Waals surface area contributed by atoms with Crippen LogP contribution in [0.25, 0.3) is 4.85 Å². The van der Waals surface area contributed by atoms with Crippen molar-refractivity contribution < 1.29 is 8.42 Å². The molecule has 0 N–H and O–H groups in total. The number of aryl methyl sites for hydroxylation is 2. The fourth-order valence-electron chi connectivity index (χ4n) is 2.03. The summed E-state index contributed by atoms with van der Waals surface area (Å²) in [5, 5.41) is -1.19. The van der Waals surface area contributed by atoms with Crippen molar-refractivity contribution in [1.29, 1.82) is 0 Å². The summed E-state index contributed by atoms with van der Waals surface area (Å²) < 4.78 is 25.2. The van der Waals surface area contributed by atoms with Gasteiger partial charge in [-0.2, -0.15) is 0 Å². The highest BCUT2D eigenvalue weighted by Gasteiger charge is 2.35. The van der Waals surface area contributed by atoms with E-state index < -0.39 is 15.2 Å². The van der Waals surface area contributed by atoms with Crippen molar-refractivity contribution in [2.75, 3.05) is 0 Å². The van der Waals surface area contributed by atoms with Crippen LogP contribution in [-0.4, -0.2) is 8.42 Å². The van der Waals surface area contributed by atoms with Crippen LogP contribution in [0.2, 0.25) is 0 Å². The van der Waals surface area contributed by atoms with E-state index >= 15 is 0 Å². The first-order valence-corrected chi connectivity index (χ1v) is 7.74. The fraction of sp³-hybridized carbons (Fsp3) is 0.188. The summed E-state index contributed by atoms with van der Waals surface area (Å²) in [4.78, 5) is 3.54. The van der Waals surface area contributed by atoms with Gasteiger partial charge in [-0.1, -0.05) is 35.9 Å². The maximum Gasteiger partial charge on any atom is 0.350 e. The van der Waals surface area contributed by atoms with Gasteiger partial charge in [0.25, 0.3) is 9.84 Å². The van der Waals surface area contributed by atoms with Crippen molar-refractivity contribution in [3.05, 3.63) is 76.6 Å². The molecule has 20 heavy (non-hydrogen) atoms. The van der Waals surface area contributed by atoms with E-state index in [0.29, 0.717) is 5.56 Å². The van der Waals surface area contributed by atoms with E-state index in [1.165, 1.54) is 0 Å². The van der Waals surface area contributed by atoms with Gasteiger partial charge in [-0.3, -0.25) is 4.85 Å². The van der Waals surface area contributed by atoms with Crippen LogP contribution < -0.4 is 0 Å². The van der Waals surface area contributed by atoms with Gasteiger partial charge in [0.1, 0.15) is 0 Å². The van der Waals surface area contributed by atoms with E-state index in [1.54, 1.807) is 36.4 Å². The second-order valence-electron chi connectivity index (χ2n) is 4.70. The molecule has 0 aliphatic rings. The smallest absolute Gasteiger partial charge is 0.291 e. The van der Waals surface area contributed by atoms with Crippen molar-refractivity contribution >= 4 is 9.84 Å². The number of hydrogen-bond acceptors (Lipinski definition) is 2. The molecule has 2 rings (SSSR count). The van der Waals surface area contributed by atoms with Crippen molar-refractivity contribution in [2.45, 2.75) is 24.1 Å². The van der Waals surface area contributed by atoms with Gasteiger partial charge >= 0.3 is 5.37 Å². The van der Waals surface area contributed by atoms with Crippen LogP contribution in [0.15, 0.2) is 53.4 Å². The van der Waals surface area contributed by atoms with Gasteiger partial charge in [-0.15, -0.1) is 0 Å². The van der Waals surface area contributed by atoms with Gasteiger partial charge in [0.2, 0.25) is 0 Å². The average molecular weight is 285 g/mol. The van der Waals surface area contributed by atoms with Gasteiger partial charge in [0.15, 0.2) is 0 Å². The van der Waals surface area contributed by atoms with Crippen LogP contribution in [0.5, 0.6) is 0 Å². The Kier molecular flexibility index (Phi) is 3.91. The summed E-state index contributed by atoms with van der Waals surface area (Å²) in [7, 11) is -3.70. The maximum absolute atomic E-state index is 12.6. The molecule has 0 saturated carbocycles. The third kappa shape index (κ3) is 2.59. The molecule has 0 bridgehead atoms. The lowest BCUT2D eigenvalue weighted by Crippen LogP contribution is -2.11. The highest BCUT2D eigenvalue weighted by atomic mass is 32.2. The number of rotatable bonds is 3. The Morgan fingerprint density at radius 1 is 1.00 bits per heavy atom. The molecule has 4 heteroatoms. The van der Waals surface area contributed by atoms with Gasteiger partial charge in [0.05, 0.1) is 10.5 Å². The van der Waals surface area contributed by atoms with Gasteiger partial charge in [-0.25, -0.2) is 15.0 Å². The van der Waals surface area contributed by atoms with Crippen molar-refractivity contribution in [2.24, 2.45) is 0 Å². The molecule has 0 fully saturated rings. The second-order valence-corrected chi connectivity index (χ2v) is 6.70. The molecule has 1 unspecified atom stereocenters. The summed E-state index contributed by atoms with van der Waals surface area (Å²) in [6.45, 7) is 11.0. The molecule has 3 nitrogen and oxygen atoms in total. The Bertz CT molecular complexity index is 756. The van der Waals surface area contributed by atoms with Crippen molar-refractivity contribution in [1.82, 2.24) is 0 Å². The zero-order valence-corrected chi connectivity index (χ0v) is 12.2. The second kappa shape index (κ2) is 5.48. The maximum atomic E-state index is 12.6. The molecule has 2 aromatic rings. The largest absolute Gasteiger partial charge is 0.350 e. The molecule has 0 heterocycles. The highest BCUT2D eigenvalue weighted by Crippen LogP contribution is 2.32. The van der Waals surface area contributed by atoms with Crippen LogP contribution in [0.3, 0.4) is 0 Å². The van der Waals surface area contributed by atoms with Crippen LogP contribution >= 0.6 is 0 Å². The summed E-state index contributed by atoms with van der Waals surface area (Å²) in [6, 6.07) is 13.7. The minimum Gasteiger partial charge on any atom is -0.291 e. The Balaban J connectivity index is 2.55. The number of hydrogen-bond donors (Lipinski definition) is 0. The lowest BCUT2D eigenvalue weighted by atomic mass is 10.1. The molecule has 0 aliphatic carbocycles. The molecule has 0 radical (unpaired) electrons. The van der Waals surface area contributed by atoms with E-state index in [-0.39, 0.29) is 4.90 Å². The van der Waals surface area contributed by atoms with Gasteiger partial charge in [-0.05, 0) is 37.6 Å². The first-order chi connectivity index (χ1) is 9.46. The van der Waals surface area contributed by atoms with Gasteiger partial charge in [0, 0.05) is 0 Å². The van der Waals surface area contributed by atoms with Crippen LogP contribution in [0.1, 0.15) is 22.1 Å². The van der Waals surface area contributed by atoms with E-state index in [9.17, 15) is 8.42 Å². The summed E-state index contributed by atoms with van der Waals surface area (Å²) >= 11 is 0. The number of sulfone groups is 1. The van der Waals surface area contributed by atoms with Crippen LogP contribution in [-0.2, 0) is 9.84 Å². The molecule has 0 aromatic heterocycles. The summed E-state index contributed by atoms with van der Waals surface area (Å²) in [5.74, 6) is 0. The Morgan fingerprint density at radius 2 is 1.60 bits per heavy atom. The third-order valence-corrected chi connectivity index (χ3v) is 5.09. The van der Waals surface area contributed by atoms with E-state index in [2.05, 4.69) is 4.85 Å². The average Bonchev–Trinajstić information content (AvgIpc) is 2.42. The zero-order valence-electron chi connectivity index (χ0n) is 11.4. The first kappa shape index (κ1) is 14.3. The highest BCUT2D eigenvalue weighted by molar-refractivity contribution is 7.91. The van der Waals surface area contributed by atoms with Crippen molar-refractivity contribution in [3.8, 4) is 0 Å². The minimum absolute atomic E-state index is 0.187. The Labute approximate surface area is 119 Å². The Morgan fingerprint density at radius 3 is 2.15 bits per heavy atom. The van der Waals surface area contributed by atoms with E-state index in [0.717, 1.165) is 11.1 Å². The minimum atomic E-state index is -3.70. The van der Waals surface area contributed by atoms with Crippen LogP contribution in [0, 0.1) is 20.4 Å². The summed E-state index contributed by atoms with van der Waals surface area (Å²) in [5.41, 5.74) is 2.34. The molecular weight excluding hydrogens is 270 g/mol. The first-order valence-electron chi connectivity index (χ1n) is 6.19. The normalized spacial score (nSPS) is 12.7. The molecule has 0 spiro atoms. The topological polar surface area (TPSA) is 38.5 Å². The van der Waals surface area contributed by atoms with E-state index in [1.807, 2.05) is 26.0 Å². The number of benzene rings is 2. The fourth-order valence-corrected chi connectivity index (χ4v) is 3.54. The molecular formula is C16H15NO2S. The SMILES string of the molecule is [C-]#[N+]C(c1ccccc1C)S(=O)(=O)c1ccc(C)cc1. The molecule has 1 atom stereocenters. The number of nitrogens with zero attached hydrogens (tertiary/aromatic N) is 1. The molecule has 0 saturated heterocycles. The van der Waals surface area contributed by atoms with E-state index in [4.69, 9.17) is 6.57 Å².